The quantitative estimate of drug-likeness (QED) is 0.591. The number of carbonyl (C=O) groups is 1. The predicted molar refractivity (Wildman–Crippen MR) is 101 cm³/mol. The highest BCUT2D eigenvalue weighted by atomic mass is 16.1. The highest BCUT2D eigenvalue weighted by molar-refractivity contribution is 6.11. The monoisotopic (exact) mass is 343 g/mol. The van der Waals surface area contributed by atoms with Crippen LogP contribution in [0.15, 0.2) is 55.0 Å². The number of pyridine rings is 2. The Bertz CT molecular complexity index is 1100. The Balaban J connectivity index is 1.72. The van der Waals surface area contributed by atoms with Gasteiger partial charge in [0.15, 0.2) is 5.65 Å². The maximum absolute atomic E-state index is 12.8. The molecule has 4 aromatic rings. The number of aromatic amines is 1. The molecule has 0 spiro atoms. The van der Waals surface area contributed by atoms with Gasteiger partial charge in [0.2, 0.25) is 0 Å². The van der Waals surface area contributed by atoms with Crippen molar-refractivity contribution in [1.29, 1.82) is 0 Å². The summed E-state index contributed by atoms with van der Waals surface area (Å²) in [6, 6.07) is 11.6. The summed E-state index contributed by atoms with van der Waals surface area (Å²) < 4.78 is 0. The van der Waals surface area contributed by atoms with Crippen molar-refractivity contribution < 1.29 is 4.79 Å². The largest absolute Gasteiger partial charge is 0.336 e. The van der Waals surface area contributed by atoms with Crippen LogP contribution in [0.25, 0.3) is 22.6 Å². The van der Waals surface area contributed by atoms with E-state index in [1.807, 2.05) is 44.2 Å². The van der Waals surface area contributed by atoms with Crippen LogP contribution in [0.2, 0.25) is 0 Å². The molecule has 0 saturated carbocycles. The van der Waals surface area contributed by atoms with Crippen molar-refractivity contribution in [3.8, 4) is 11.4 Å². The van der Waals surface area contributed by atoms with Crippen molar-refractivity contribution in [2.45, 2.75) is 13.8 Å². The van der Waals surface area contributed by atoms with E-state index >= 15 is 0 Å². The summed E-state index contributed by atoms with van der Waals surface area (Å²) in [5.41, 5.74) is 5.37. The number of amides is 1. The number of benzene rings is 1. The van der Waals surface area contributed by atoms with Gasteiger partial charge in [-0.05, 0) is 31.5 Å². The number of aryl methyl sites for hydroxylation is 2. The Morgan fingerprint density at radius 3 is 2.62 bits per heavy atom. The first-order chi connectivity index (χ1) is 12.6. The molecule has 0 unspecified atom stereocenters. The van der Waals surface area contributed by atoms with Crippen LogP contribution in [0, 0.1) is 13.8 Å². The Morgan fingerprint density at radius 2 is 1.85 bits per heavy atom. The number of rotatable bonds is 3. The molecule has 0 saturated heterocycles. The van der Waals surface area contributed by atoms with Crippen LogP contribution in [0.5, 0.6) is 0 Å². The predicted octanol–water partition coefficient (Wildman–Crippen LogP) is 3.89. The number of fused-ring (bicyclic) bond motifs is 1. The number of carbonyl (C=O) groups excluding carboxylic acids is 1. The van der Waals surface area contributed by atoms with E-state index < -0.39 is 0 Å². The molecule has 1 amide bonds. The van der Waals surface area contributed by atoms with E-state index in [0.717, 1.165) is 11.1 Å². The summed E-state index contributed by atoms with van der Waals surface area (Å²) in [7, 11) is 0. The number of nitrogens with zero attached hydrogens (tertiary/aromatic N) is 3. The number of hydrogen-bond donors (Lipinski definition) is 2. The lowest BCUT2D eigenvalue weighted by Gasteiger charge is -2.07. The second kappa shape index (κ2) is 6.40. The van der Waals surface area contributed by atoms with Gasteiger partial charge in [-0.25, -0.2) is 9.97 Å². The number of aromatic nitrogens is 4. The molecule has 128 valence electrons. The van der Waals surface area contributed by atoms with Gasteiger partial charge in [-0.2, -0.15) is 0 Å². The van der Waals surface area contributed by atoms with Crippen LogP contribution in [0.4, 0.5) is 5.69 Å². The van der Waals surface area contributed by atoms with E-state index in [1.165, 1.54) is 5.56 Å². The Labute approximate surface area is 150 Å². The standard InChI is InChI=1S/C20H17N5O/c1-12-3-5-14(6-4-12)18-24-17-15(8-10-22-19(17)25-18)20(26)23-16-11-21-9-7-13(16)2/h3-11H,1-2H3,(H,23,26)(H,22,24,25). The molecule has 0 aliphatic rings. The molecule has 1 aromatic carbocycles. The van der Waals surface area contributed by atoms with E-state index in [-0.39, 0.29) is 5.91 Å². The molecule has 26 heavy (non-hydrogen) atoms. The molecule has 0 aliphatic heterocycles. The minimum atomic E-state index is -0.229. The molecule has 3 heterocycles. The smallest absolute Gasteiger partial charge is 0.258 e. The Kier molecular flexibility index (Phi) is 3.93. The van der Waals surface area contributed by atoms with E-state index in [9.17, 15) is 4.79 Å². The van der Waals surface area contributed by atoms with Gasteiger partial charge in [-0.15, -0.1) is 0 Å². The summed E-state index contributed by atoms with van der Waals surface area (Å²) >= 11 is 0. The lowest BCUT2D eigenvalue weighted by Crippen LogP contribution is -2.13. The van der Waals surface area contributed by atoms with Gasteiger partial charge in [0.05, 0.1) is 23.0 Å². The summed E-state index contributed by atoms with van der Waals surface area (Å²) in [5.74, 6) is 0.456. The molecule has 0 radical (unpaired) electrons. The molecular weight excluding hydrogens is 326 g/mol. The molecular formula is C20H17N5O. The molecule has 3 aromatic heterocycles. The minimum absolute atomic E-state index is 0.229. The van der Waals surface area contributed by atoms with Crippen molar-refractivity contribution >= 4 is 22.8 Å². The Hall–Kier alpha value is -3.54. The molecule has 4 rings (SSSR count). The van der Waals surface area contributed by atoms with Crippen LogP contribution in [-0.2, 0) is 0 Å². The lowest BCUT2D eigenvalue weighted by atomic mass is 10.1. The third kappa shape index (κ3) is 2.93. The van der Waals surface area contributed by atoms with Gasteiger partial charge < -0.3 is 10.3 Å². The molecule has 0 aliphatic carbocycles. The molecule has 2 N–H and O–H groups in total. The molecule has 0 atom stereocenters. The first kappa shape index (κ1) is 16.0. The number of nitrogens with one attached hydrogen (secondary N) is 2. The highest BCUT2D eigenvalue weighted by Crippen LogP contribution is 2.23. The fourth-order valence-corrected chi connectivity index (χ4v) is 2.73. The fourth-order valence-electron chi connectivity index (χ4n) is 2.73. The highest BCUT2D eigenvalue weighted by Gasteiger charge is 2.16. The summed E-state index contributed by atoms with van der Waals surface area (Å²) in [4.78, 5) is 28.8. The van der Waals surface area contributed by atoms with Crippen molar-refractivity contribution in [3.63, 3.8) is 0 Å². The fraction of sp³-hybridized carbons (Fsp3) is 0.100. The van der Waals surface area contributed by atoms with Gasteiger partial charge in [0.25, 0.3) is 5.91 Å². The average Bonchev–Trinajstić information content (AvgIpc) is 3.08. The first-order valence-corrected chi connectivity index (χ1v) is 8.25. The topological polar surface area (TPSA) is 83.6 Å². The maximum Gasteiger partial charge on any atom is 0.258 e. The zero-order chi connectivity index (χ0) is 18.1. The van der Waals surface area contributed by atoms with Gasteiger partial charge in [-0.1, -0.05) is 29.8 Å². The van der Waals surface area contributed by atoms with Gasteiger partial charge in [0, 0.05) is 18.0 Å². The van der Waals surface area contributed by atoms with Crippen LogP contribution in [0.3, 0.4) is 0 Å². The molecule has 6 heteroatoms. The SMILES string of the molecule is Cc1ccc(-c2nc3nccc(C(=O)Nc4cnccc4C)c3[nH]2)cc1. The summed E-state index contributed by atoms with van der Waals surface area (Å²) in [6.07, 6.45) is 4.92. The zero-order valence-corrected chi connectivity index (χ0v) is 14.4. The normalized spacial score (nSPS) is 10.8. The first-order valence-electron chi connectivity index (χ1n) is 8.25. The Morgan fingerprint density at radius 1 is 1.04 bits per heavy atom. The van der Waals surface area contributed by atoms with Crippen molar-refractivity contribution in [2.75, 3.05) is 5.32 Å². The molecule has 6 nitrogen and oxygen atoms in total. The number of H-pyrrole nitrogens is 1. The number of anilines is 1. The van der Waals surface area contributed by atoms with Crippen LogP contribution < -0.4 is 5.32 Å². The minimum Gasteiger partial charge on any atom is -0.336 e. The van der Waals surface area contributed by atoms with Crippen molar-refractivity contribution in [1.82, 2.24) is 19.9 Å². The second-order valence-corrected chi connectivity index (χ2v) is 6.15. The lowest BCUT2D eigenvalue weighted by molar-refractivity contribution is 0.102. The van der Waals surface area contributed by atoms with Gasteiger partial charge in [0.1, 0.15) is 5.82 Å². The molecule has 0 fully saturated rings. The van der Waals surface area contributed by atoms with E-state index in [1.54, 1.807) is 24.7 Å². The number of imidazole rings is 1. The van der Waals surface area contributed by atoms with Crippen molar-refractivity contribution in [3.05, 3.63) is 71.7 Å². The molecule has 0 bridgehead atoms. The van der Waals surface area contributed by atoms with Gasteiger partial charge >= 0.3 is 0 Å². The average molecular weight is 343 g/mol. The number of hydrogen-bond acceptors (Lipinski definition) is 4. The van der Waals surface area contributed by atoms with Crippen LogP contribution >= 0.6 is 0 Å². The van der Waals surface area contributed by atoms with E-state index in [0.29, 0.717) is 28.2 Å². The van der Waals surface area contributed by atoms with Crippen molar-refractivity contribution in [2.24, 2.45) is 0 Å². The summed E-state index contributed by atoms with van der Waals surface area (Å²) in [5, 5.41) is 2.90. The van der Waals surface area contributed by atoms with Crippen LogP contribution in [-0.4, -0.2) is 25.8 Å². The summed E-state index contributed by atoms with van der Waals surface area (Å²) in [6.45, 7) is 3.96. The maximum atomic E-state index is 12.8. The second-order valence-electron chi connectivity index (χ2n) is 6.15. The van der Waals surface area contributed by atoms with E-state index in [4.69, 9.17) is 0 Å². The third-order valence-corrected chi connectivity index (χ3v) is 4.25. The van der Waals surface area contributed by atoms with E-state index in [2.05, 4.69) is 25.3 Å². The zero-order valence-electron chi connectivity index (χ0n) is 14.4. The van der Waals surface area contributed by atoms with Crippen LogP contribution in [0.1, 0.15) is 21.5 Å². The van der Waals surface area contributed by atoms with Gasteiger partial charge in [-0.3, -0.25) is 9.78 Å². The third-order valence-electron chi connectivity index (χ3n) is 4.25.